The number of fused-ring (bicyclic) bond motifs is 1. The van der Waals surface area contributed by atoms with Crippen molar-refractivity contribution in [2.75, 3.05) is 18.0 Å². The van der Waals surface area contributed by atoms with Crippen LogP contribution in [0.3, 0.4) is 0 Å². The molecule has 2 N–H and O–H groups in total. The molecule has 1 aliphatic heterocycles. The van der Waals surface area contributed by atoms with Gasteiger partial charge in [0, 0.05) is 47.3 Å². The van der Waals surface area contributed by atoms with Crippen LogP contribution in [0.5, 0.6) is 0 Å². The van der Waals surface area contributed by atoms with Crippen LogP contribution in [0.4, 0.5) is 5.69 Å². The maximum absolute atomic E-state index is 5.95. The highest BCUT2D eigenvalue weighted by atomic mass is 32.2. The predicted molar refractivity (Wildman–Crippen MR) is 88.4 cm³/mol. The Morgan fingerprint density at radius 2 is 1.95 bits per heavy atom. The van der Waals surface area contributed by atoms with Gasteiger partial charge in [-0.1, -0.05) is 32.0 Å². The van der Waals surface area contributed by atoms with Crippen LogP contribution in [-0.4, -0.2) is 28.6 Å². The number of anilines is 1. The lowest BCUT2D eigenvalue weighted by molar-refractivity contribution is 0.726. The summed E-state index contributed by atoms with van der Waals surface area (Å²) in [5.74, 6) is 0. The molecule has 0 aliphatic carbocycles. The largest absolute Gasteiger partial charge is 0.368 e. The quantitative estimate of drug-likeness (QED) is 0.922. The molecule has 0 radical (unpaired) electrons. The van der Waals surface area contributed by atoms with Gasteiger partial charge in [-0.15, -0.1) is 0 Å². The van der Waals surface area contributed by atoms with E-state index in [0.717, 1.165) is 24.2 Å². The van der Waals surface area contributed by atoms with Gasteiger partial charge in [0.15, 0.2) is 0 Å². The van der Waals surface area contributed by atoms with E-state index in [1.54, 1.807) is 0 Å². The van der Waals surface area contributed by atoms with Crippen LogP contribution in [-0.2, 0) is 6.54 Å². The molecule has 0 saturated carbocycles. The second-order valence-corrected chi connectivity index (χ2v) is 7.40. The summed E-state index contributed by atoms with van der Waals surface area (Å²) in [5, 5.41) is 2.52. The summed E-state index contributed by atoms with van der Waals surface area (Å²) in [6, 6.07) is 8.36. The van der Waals surface area contributed by atoms with E-state index in [1.165, 1.54) is 11.1 Å². The van der Waals surface area contributed by atoms with E-state index in [9.17, 15) is 0 Å². The Morgan fingerprint density at radius 3 is 2.65 bits per heavy atom. The van der Waals surface area contributed by atoms with Gasteiger partial charge >= 0.3 is 0 Å². The fourth-order valence-corrected chi connectivity index (χ4v) is 4.38. The molecule has 3 nitrogen and oxygen atoms in total. The molecule has 1 aromatic heterocycles. The Bertz CT molecular complexity index is 604. The maximum atomic E-state index is 5.95. The highest BCUT2D eigenvalue weighted by molar-refractivity contribution is 8.00. The number of nitrogens with zero attached hydrogens (tertiary/aromatic N) is 2. The van der Waals surface area contributed by atoms with Crippen molar-refractivity contribution in [2.24, 2.45) is 5.73 Å². The molecule has 2 aromatic rings. The fraction of sp³-hybridized carbons (Fsp3) is 0.438. The second-order valence-electron chi connectivity index (χ2n) is 5.52. The lowest BCUT2D eigenvalue weighted by Gasteiger charge is -2.37. The zero-order chi connectivity index (χ0) is 14.1. The maximum Gasteiger partial charge on any atom is 0.0723 e. The van der Waals surface area contributed by atoms with E-state index in [0.29, 0.717) is 17.0 Å². The van der Waals surface area contributed by atoms with Crippen molar-refractivity contribution in [1.82, 2.24) is 4.98 Å². The molecule has 106 valence electrons. The average molecular weight is 287 g/mol. The third-order valence-electron chi connectivity index (χ3n) is 3.78. The van der Waals surface area contributed by atoms with E-state index in [1.807, 2.05) is 12.3 Å². The number of hydrogen-bond acceptors (Lipinski definition) is 4. The van der Waals surface area contributed by atoms with Crippen molar-refractivity contribution < 1.29 is 0 Å². The van der Waals surface area contributed by atoms with Crippen LogP contribution in [0, 0.1) is 0 Å². The monoisotopic (exact) mass is 287 g/mol. The summed E-state index contributed by atoms with van der Waals surface area (Å²) < 4.78 is 0. The van der Waals surface area contributed by atoms with Crippen LogP contribution >= 0.6 is 11.8 Å². The van der Waals surface area contributed by atoms with E-state index in [-0.39, 0.29) is 0 Å². The van der Waals surface area contributed by atoms with Crippen molar-refractivity contribution in [3.05, 3.63) is 36.0 Å². The smallest absolute Gasteiger partial charge is 0.0723 e. The molecule has 0 amide bonds. The Balaban J connectivity index is 2.12. The lowest BCUT2D eigenvalue weighted by Crippen LogP contribution is -2.41. The summed E-state index contributed by atoms with van der Waals surface area (Å²) >= 11 is 2.07. The van der Waals surface area contributed by atoms with E-state index in [4.69, 9.17) is 5.73 Å². The number of thioether (sulfide) groups is 1. The standard InChI is InChI=1S/C16H21N3S/c1-11-9-19(10-12(2)20-11)16-13(7-17)8-18-15-6-4-3-5-14(15)16/h3-6,8,11-12H,7,9-10,17H2,1-2H3. The summed E-state index contributed by atoms with van der Waals surface area (Å²) in [6.07, 6.45) is 1.94. The number of benzene rings is 1. The lowest BCUT2D eigenvalue weighted by atomic mass is 10.1. The summed E-state index contributed by atoms with van der Waals surface area (Å²) in [7, 11) is 0. The van der Waals surface area contributed by atoms with E-state index >= 15 is 0 Å². The van der Waals surface area contributed by atoms with Crippen molar-refractivity contribution in [3.63, 3.8) is 0 Å². The van der Waals surface area contributed by atoms with Gasteiger partial charge in [0.1, 0.15) is 0 Å². The fourth-order valence-electron chi connectivity index (χ4n) is 3.05. The molecule has 1 fully saturated rings. The SMILES string of the molecule is CC1CN(c2c(CN)cnc3ccccc23)CC(C)S1. The van der Waals surface area contributed by atoms with Gasteiger partial charge in [0.25, 0.3) is 0 Å². The highest BCUT2D eigenvalue weighted by Gasteiger charge is 2.25. The van der Waals surface area contributed by atoms with Crippen molar-refractivity contribution >= 4 is 28.4 Å². The average Bonchev–Trinajstić information content (AvgIpc) is 2.45. The molecule has 1 saturated heterocycles. The first-order chi connectivity index (χ1) is 9.69. The van der Waals surface area contributed by atoms with Crippen molar-refractivity contribution in [3.8, 4) is 0 Å². The summed E-state index contributed by atoms with van der Waals surface area (Å²) in [4.78, 5) is 7.03. The van der Waals surface area contributed by atoms with Crippen LogP contribution in [0.15, 0.2) is 30.5 Å². The molecular formula is C16H21N3S. The molecule has 1 aromatic carbocycles. The van der Waals surface area contributed by atoms with Gasteiger partial charge in [0.2, 0.25) is 0 Å². The first-order valence-corrected chi connectivity index (χ1v) is 8.10. The van der Waals surface area contributed by atoms with Gasteiger partial charge in [0.05, 0.1) is 11.2 Å². The van der Waals surface area contributed by atoms with Crippen LogP contribution < -0.4 is 10.6 Å². The van der Waals surface area contributed by atoms with E-state index < -0.39 is 0 Å². The van der Waals surface area contributed by atoms with E-state index in [2.05, 4.69) is 53.7 Å². The van der Waals surface area contributed by atoms with Crippen LogP contribution in [0.1, 0.15) is 19.4 Å². The third kappa shape index (κ3) is 2.50. The van der Waals surface area contributed by atoms with Gasteiger partial charge in [-0.3, -0.25) is 4.98 Å². The van der Waals surface area contributed by atoms with Gasteiger partial charge in [-0.05, 0) is 6.07 Å². The first-order valence-electron chi connectivity index (χ1n) is 7.16. The Labute approximate surface area is 124 Å². The normalized spacial score (nSPS) is 23.2. The molecule has 20 heavy (non-hydrogen) atoms. The number of pyridine rings is 1. The molecule has 3 rings (SSSR count). The number of nitrogens with two attached hydrogens (primary N) is 1. The molecule has 2 unspecified atom stereocenters. The Hall–Kier alpha value is -1.26. The second kappa shape index (κ2) is 5.62. The minimum absolute atomic E-state index is 0.541. The Morgan fingerprint density at radius 1 is 1.25 bits per heavy atom. The number of para-hydroxylation sites is 1. The van der Waals surface area contributed by atoms with Gasteiger partial charge in [-0.2, -0.15) is 11.8 Å². The molecule has 4 heteroatoms. The molecular weight excluding hydrogens is 266 g/mol. The number of hydrogen-bond donors (Lipinski definition) is 1. The molecule has 2 heterocycles. The zero-order valence-electron chi connectivity index (χ0n) is 12.0. The molecule has 0 spiro atoms. The highest BCUT2D eigenvalue weighted by Crippen LogP contribution is 2.34. The summed E-state index contributed by atoms with van der Waals surface area (Å²) in [6.45, 7) is 7.31. The Kier molecular flexibility index (Phi) is 3.85. The molecule has 0 bridgehead atoms. The summed E-state index contributed by atoms with van der Waals surface area (Å²) in [5.41, 5.74) is 9.44. The minimum Gasteiger partial charge on any atom is -0.368 e. The third-order valence-corrected chi connectivity index (χ3v) is 5.01. The van der Waals surface area contributed by atoms with Gasteiger partial charge in [-0.25, -0.2) is 0 Å². The van der Waals surface area contributed by atoms with Crippen molar-refractivity contribution in [2.45, 2.75) is 30.9 Å². The first kappa shape index (κ1) is 13.7. The minimum atomic E-state index is 0.541. The predicted octanol–water partition coefficient (Wildman–Crippen LogP) is 3.02. The van der Waals surface area contributed by atoms with Crippen LogP contribution in [0.25, 0.3) is 10.9 Å². The zero-order valence-corrected chi connectivity index (χ0v) is 12.9. The topological polar surface area (TPSA) is 42.1 Å². The van der Waals surface area contributed by atoms with Crippen molar-refractivity contribution in [1.29, 1.82) is 0 Å². The molecule has 1 aliphatic rings. The molecule has 2 atom stereocenters. The van der Waals surface area contributed by atoms with Gasteiger partial charge < -0.3 is 10.6 Å². The number of rotatable bonds is 2. The number of aromatic nitrogens is 1. The van der Waals surface area contributed by atoms with Crippen LogP contribution in [0.2, 0.25) is 0 Å².